The maximum atomic E-state index is 11.7. The van der Waals surface area contributed by atoms with Crippen LogP contribution in [0.25, 0.3) is 0 Å². The van der Waals surface area contributed by atoms with Gasteiger partial charge in [-0.2, -0.15) is 0 Å². The molecule has 0 aromatic carbocycles. The summed E-state index contributed by atoms with van der Waals surface area (Å²) >= 11 is 0. The lowest BCUT2D eigenvalue weighted by atomic mass is 10.2. The molecule has 0 aliphatic carbocycles. The molecule has 1 N–H and O–H groups in total. The maximum absolute atomic E-state index is 11.7. The second-order valence-electron chi connectivity index (χ2n) is 5.68. The highest BCUT2D eigenvalue weighted by Gasteiger charge is 2.17. The van der Waals surface area contributed by atoms with E-state index in [9.17, 15) is 4.79 Å². The molecule has 1 saturated heterocycles. The van der Waals surface area contributed by atoms with Gasteiger partial charge in [-0.15, -0.1) is 0 Å². The van der Waals surface area contributed by atoms with Crippen LogP contribution in [0.4, 0.5) is 0 Å². The number of nitrogens with zero attached hydrogens (tertiary/aromatic N) is 2. The normalized spacial score (nSPS) is 18.8. The Balaban J connectivity index is 1.86. The minimum absolute atomic E-state index is 0.0990. The zero-order chi connectivity index (χ0) is 14.2. The molecule has 2 heterocycles. The van der Waals surface area contributed by atoms with E-state index < -0.39 is 0 Å². The third-order valence-electron chi connectivity index (χ3n) is 4.02. The van der Waals surface area contributed by atoms with Crippen LogP contribution < -0.4 is 10.9 Å². The SMILES string of the molecule is CCCCN(CCn1ccccc1=O)CC1CCCN1. The monoisotopic (exact) mass is 277 g/mol. The number of pyridine rings is 1. The molecule has 20 heavy (non-hydrogen) atoms. The third-order valence-corrected chi connectivity index (χ3v) is 4.02. The van der Waals surface area contributed by atoms with Gasteiger partial charge >= 0.3 is 0 Å². The van der Waals surface area contributed by atoms with Gasteiger partial charge in [-0.1, -0.05) is 19.4 Å². The van der Waals surface area contributed by atoms with E-state index in [0.717, 1.165) is 32.7 Å². The second-order valence-corrected chi connectivity index (χ2v) is 5.68. The highest BCUT2D eigenvalue weighted by atomic mass is 16.1. The summed E-state index contributed by atoms with van der Waals surface area (Å²) in [5.74, 6) is 0. The molecule has 112 valence electrons. The van der Waals surface area contributed by atoms with Crippen LogP contribution in [0.15, 0.2) is 29.2 Å². The highest BCUT2D eigenvalue weighted by molar-refractivity contribution is 4.93. The Kier molecular flexibility index (Phi) is 6.27. The molecule has 1 unspecified atom stereocenters. The van der Waals surface area contributed by atoms with Gasteiger partial charge in [0, 0.05) is 37.9 Å². The van der Waals surface area contributed by atoms with E-state index in [2.05, 4.69) is 17.1 Å². The fourth-order valence-corrected chi connectivity index (χ4v) is 2.79. The van der Waals surface area contributed by atoms with Gasteiger partial charge in [0.25, 0.3) is 5.56 Å². The van der Waals surface area contributed by atoms with Gasteiger partial charge in [0.2, 0.25) is 0 Å². The molecule has 1 fully saturated rings. The van der Waals surface area contributed by atoms with E-state index in [0.29, 0.717) is 6.04 Å². The fraction of sp³-hybridized carbons (Fsp3) is 0.688. The molecule has 4 nitrogen and oxygen atoms in total. The number of rotatable bonds is 8. The average Bonchev–Trinajstić information content (AvgIpc) is 2.96. The van der Waals surface area contributed by atoms with Gasteiger partial charge in [-0.25, -0.2) is 0 Å². The third kappa shape index (κ3) is 4.76. The summed E-state index contributed by atoms with van der Waals surface area (Å²) in [6.07, 6.45) is 6.92. The van der Waals surface area contributed by atoms with Crippen molar-refractivity contribution in [2.45, 2.75) is 45.2 Å². The van der Waals surface area contributed by atoms with Crippen molar-refractivity contribution in [2.75, 3.05) is 26.2 Å². The summed E-state index contributed by atoms with van der Waals surface area (Å²) in [7, 11) is 0. The quantitative estimate of drug-likeness (QED) is 0.786. The van der Waals surface area contributed by atoms with Crippen LogP contribution in [0, 0.1) is 0 Å². The summed E-state index contributed by atoms with van der Waals surface area (Å²) in [5.41, 5.74) is 0.0990. The lowest BCUT2D eigenvalue weighted by molar-refractivity contribution is 0.236. The van der Waals surface area contributed by atoms with Crippen LogP contribution in [-0.4, -0.2) is 41.7 Å². The van der Waals surface area contributed by atoms with Crippen LogP contribution in [0.1, 0.15) is 32.6 Å². The lowest BCUT2D eigenvalue weighted by Crippen LogP contribution is -2.40. The van der Waals surface area contributed by atoms with Crippen molar-refractivity contribution in [3.63, 3.8) is 0 Å². The Hall–Kier alpha value is -1.13. The van der Waals surface area contributed by atoms with Crippen molar-refractivity contribution < 1.29 is 0 Å². The summed E-state index contributed by atoms with van der Waals surface area (Å²) < 4.78 is 1.81. The first-order valence-electron chi connectivity index (χ1n) is 7.91. The minimum atomic E-state index is 0.0990. The largest absolute Gasteiger partial charge is 0.314 e. The first-order chi connectivity index (χ1) is 9.79. The Morgan fingerprint density at radius 3 is 3.00 bits per heavy atom. The molecule has 2 rings (SSSR count). The van der Waals surface area contributed by atoms with Gasteiger partial charge in [-0.05, 0) is 38.4 Å². The maximum Gasteiger partial charge on any atom is 0.250 e. The molecule has 0 spiro atoms. The lowest BCUT2D eigenvalue weighted by Gasteiger charge is -2.25. The van der Waals surface area contributed by atoms with Gasteiger partial charge in [0.1, 0.15) is 0 Å². The van der Waals surface area contributed by atoms with Crippen molar-refractivity contribution in [1.82, 2.24) is 14.8 Å². The van der Waals surface area contributed by atoms with Crippen LogP contribution in [0.5, 0.6) is 0 Å². The van der Waals surface area contributed by atoms with Crippen molar-refractivity contribution in [1.29, 1.82) is 0 Å². The Bertz CT molecular complexity index is 437. The van der Waals surface area contributed by atoms with E-state index >= 15 is 0 Å². The Labute approximate surface area is 121 Å². The van der Waals surface area contributed by atoms with Crippen molar-refractivity contribution in [2.24, 2.45) is 0 Å². The van der Waals surface area contributed by atoms with Crippen LogP contribution >= 0.6 is 0 Å². The molecule has 1 atom stereocenters. The molecule has 1 aromatic heterocycles. The predicted molar refractivity (Wildman–Crippen MR) is 83.1 cm³/mol. The topological polar surface area (TPSA) is 37.3 Å². The van der Waals surface area contributed by atoms with Crippen LogP contribution in [0.3, 0.4) is 0 Å². The zero-order valence-corrected chi connectivity index (χ0v) is 12.6. The van der Waals surface area contributed by atoms with E-state index in [4.69, 9.17) is 0 Å². The molecular formula is C16H27N3O. The number of hydrogen-bond acceptors (Lipinski definition) is 3. The number of hydrogen-bond donors (Lipinski definition) is 1. The molecular weight excluding hydrogens is 250 g/mol. The number of nitrogens with one attached hydrogen (secondary N) is 1. The van der Waals surface area contributed by atoms with E-state index in [-0.39, 0.29) is 5.56 Å². The van der Waals surface area contributed by atoms with Gasteiger partial charge in [0.15, 0.2) is 0 Å². The predicted octanol–water partition coefficient (Wildman–Crippen LogP) is 1.70. The highest BCUT2D eigenvalue weighted by Crippen LogP contribution is 2.08. The summed E-state index contributed by atoms with van der Waals surface area (Å²) in [5, 5.41) is 3.56. The molecule has 0 bridgehead atoms. The standard InChI is InChI=1S/C16H27N3O/c1-2-3-10-18(14-15-7-6-9-17-15)12-13-19-11-5-4-8-16(19)20/h4-5,8,11,15,17H,2-3,6-7,9-10,12-14H2,1H3. The van der Waals surface area contributed by atoms with Crippen molar-refractivity contribution in [3.05, 3.63) is 34.7 Å². The molecule has 1 aliphatic rings. The molecule has 0 amide bonds. The molecule has 0 radical (unpaired) electrons. The zero-order valence-electron chi connectivity index (χ0n) is 12.6. The molecule has 1 aliphatic heterocycles. The first-order valence-corrected chi connectivity index (χ1v) is 7.91. The van der Waals surface area contributed by atoms with Crippen LogP contribution in [0.2, 0.25) is 0 Å². The van der Waals surface area contributed by atoms with E-state index in [1.54, 1.807) is 16.7 Å². The van der Waals surface area contributed by atoms with Crippen LogP contribution in [-0.2, 0) is 6.54 Å². The smallest absolute Gasteiger partial charge is 0.250 e. The average molecular weight is 277 g/mol. The summed E-state index contributed by atoms with van der Waals surface area (Å²) in [6, 6.07) is 6.00. The molecule has 4 heteroatoms. The second kappa shape index (κ2) is 8.22. The van der Waals surface area contributed by atoms with Crippen molar-refractivity contribution >= 4 is 0 Å². The summed E-state index contributed by atoms with van der Waals surface area (Å²) in [6.45, 7) is 7.38. The Morgan fingerprint density at radius 2 is 2.30 bits per heavy atom. The Morgan fingerprint density at radius 1 is 1.40 bits per heavy atom. The molecule has 0 saturated carbocycles. The first kappa shape index (κ1) is 15.3. The van der Waals surface area contributed by atoms with Crippen molar-refractivity contribution in [3.8, 4) is 0 Å². The van der Waals surface area contributed by atoms with Gasteiger partial charge in [0.05, 0.1) is 0 Å². The number of unbranched alkanes of at least 4 members (excludes halogenated alkanes) is 1. The molecule has 1 aromatic rings. The summed E-state index contributed by atoms with van der Waals surface area (Å²) in [4.78, 5) is 14.2. The van der Waals surface area contributed by atoms with Gasteiger partial charge in [-0.3, -0.25) is 4.79 Å². The van der Waals surface area contributed by atoms with Gasteiger partial charge < -0.3 is 14.8 Å². The van der Waals surface area contributed by atoms with E-state index in [1.165, 1.54) is 25.7 Å². The number of aromatic nitrogens is 1. The van der Waals surface area contributed by atoms with E-state index in [1.807, 2.05) is 12.3 Å². The fourth-order valence-electron chi connectivity index (χ4n) is 2.79. The minimum Gasteiger partial charge on any atom is -0.314 e.